The molecule has 1 heterocycles. The number of amides is 1. The fourth-order valence-electron chi connectivity index (χ4n) is 2.65. The minimum absolute atomic E-state index is 0.0385. The van der Waals surface area contributed by atoms with Crippen molar-refractivity contribution in [3.63, 3.8) is 0 Å². The van der Waals surface area contributed by atoms with E-state index in [1.165, 1.54) is 11.3 Å². The van der Waals surface area contributed by atoms with Crippen LogP contribution in [-0.2, 0) is 31.9 Å². The summed E-state index contributed by atoms with van der Waals surface area (Å²) in [6, 6.07) is 0. The normalized spacial score (nSPS) is 15.9. The number of hydrogen-bond acceptors (Lipinski definition) is 6. The summed E-state index contributed by atoms with van der Waals surface area (Å²) in [5.41, 5.74) is 1.45. The molecule has 0 spiro atoms. The number of aryl methyl sites for hydroxylation is 1. The van der Waals surface area contributed by atoms with Crippen LogP contribution in [0.5, 0.6) is 0 Å². The van der Waals surface area contributed by atoms with Crippen molar-refractivity contribution in [3.05, 3.63) is 16.0 Å². The zero-order valence-corrected chi connectivity index (χ0v) is 13.8. The summed E-state index contributed by atoms with van der Waals surface area (Å²) in [6.45, 7) is 1.72. The predicted octanol–water partition coefficient (Wildman–Crippen LogP) is 2.31. The summed E-state index contributed by atoms with van der Waals surface area (Å²) in [5.74, 6) is -1.19. The van der Waals surface area contributed by atoms with Crippen molar-refractivity contribution in [2.75, 3.05) is 18.5 Å². The highest BCUT2D eigenvalue weighted by Gasteiger charge is 2.32. The molecule has 0 saturated heterocycles. The van der Waals surface area contributed by atoms with Crippen LogP contribution in [0.2, 0.25) is 0 Å². The highest BCUT2D eigenvalue weighted by molar-refractivity contribution is 7.17. The zero-order valence-electron chi connectivity index (χ0n) is 13.0. The smallest absolute Gasteiger partial charge is 0.341 e. The molecule has 2 aliphatic carbocycles. The third-order valence-electron chi connectivity index (χ3n) is 3.91. The Bertz CT molecular complexity index is 647. The summed E-state index contributed by atoms with van der Waals surface area (Å²) in [5, 5.41) is 3.20. The number of hydrogen-bond donors (Lipinski definition) is 1. The second-order valence-electron chi connectivity index (χ2n) is 5.71. The van der Waals surface area contributed by atoms with Crippen LogP contribution >= 0.6 is 11.3 Å². The van der Waals surface area contributed by atoms with E-state index in [9.17, 15) is 14.4 Å². The monoisotopic (exact) mass is 337 g/mol. The molecule has 124 valence electrons. The van der Waals surface area contributed by atoms with Gasteiger partial charge in [-0.25, -0.2) is 4.79 Å². The standard InChI is InChI=1S/C16H19NO5S/c1-2-21-16(20)13-10-4-3-5-11(10)23-14(13)17-12(18)8-22-15(19)9-6-7-9/h9H,2-8H2,1H3,(H,17,18). The number of esters is 2. The molecule has 23 heavy (non-hydrogen) atoms. The van der Waals surface area contributed by atoms with Gasteiger partial charge in [-0.05, 0) is 44.6 Å². The quantitative estimate of drug-likeness (QED) is 0.806. The van der Waals surface area contributed by atoms with Crippen LogP contribution in [-0.4, -0.2) is 31.1 Å². The van der Waals surface area contributed by atoms with Crippen LogP contribution in [0.4, 0.5) is 5.00 Å². The molecule has 1 aromatic heterocycles. The highest BCUT2D eigenvalue weighted by atomic mass is 32.1. The third kappa shape index (κ3) is 3.55. The Balaban J connectivity index is 1.67. The lowest BCUT2D eigenvalue weighted by Gasteiger charge is -2.08. The lowest BCUT2D eigenvalue weighted by atomic mass is 10.1. The Morgan fingerprint density at radius 2 is 2.00 bits per heavy atom. The molecule has 1 fully saturated rings. The van der Waals surface area contributed by atoms with Crippen molar-refractivity contribution in [2.45, 2.75) is 39.0 Å². The number of nitrogens with one attached hydrogen (secondary N) is 1. The summed E-state index contributed by atoms with van der Waals surface area (Å²) >= 11 is 1.41. The average Bonchev–Trinajstić information content (AvgIpc) is 3.18. The van der Waals surface area contributed by atoms with E-state index in [0.29, 0.717) is 10.6 Å². The first-order valence-corrected chi connectivity index (χ1v) is 8.70. The second kappa shape index (κ2) is 6.70. The molecule has 1 N–H and O–H groups in total. The van der Waals surface area contributed by atoms with Gasteiger partial charge in [0.15, 0.2) is 6.61 Å². The van der Waals surface area contributed by atoms with Crippen LogP contribution in [0.1, 0.15) is 47.0 Å². The van der Waals surface area contributed by atoms with E-state index in [-0.39, 0.29) is 25.1 Å². The van der Waals surface area contributed by atoms with Gasteiger partial charge in [0.25, 0.3) is 5.91 Å². The number of carbonyl (C=O) groups is 3. The van der Waals surface area contributed by atoms with Gasteiger partial charge in [0.2, 0.25) is 0 Å². The molecule has 0 aromatic carbocycles. The van der Waals surface area contributed by atoms with Crippen molar-refractivity contribution in [3.8, 4) is 0 Å². The second-order valence-corrected chi connectivity index (χ2v) is 6.82. The Morgan fingerprint density at radius 1 is 1.22 bits per heavy atom. The van der Waals surface area contributed by atoms with Crippen LogP contribution in [0, 0.1) is 5.92 Å². The van der Waals surface area contributed by atoms with Crippen LogP contribution in [0.15, 0.2) is 0 Å². The number of anilines is 1. The van der Waals surface area contributed by atoms with Crippen LogP contribution in [0.3, 0.4) is 0 Å². The SMILES string of the molecule is CCOC(=O)c1c(NC(=O)COC(=O)C2CC2)sc2c1CCC2. The maximum Gasteiger partial charge on any atom is 0.341 e. The van der Waals surface area contributed by atoms with Gasteiger partial charge >= 0.3 is 11.9 Å². The number of ether oxygens (including phenoxy) is 2. The maximum absolute atomic E-state index is 12.2. The molecule has 7 heteroatoms. The van der Waals surface area contributed by atoms with E-state index >= 15 is 0 Å². The van der Waals surface area contributed by atoms with Gasteiger partial charge in [-0.3, -0.25) is 9.59 Å². The van der Waals surface area contributed by atoms with Gasteiger partial charge in [0.1, 0.15) is 5.00 Å². The zero-order chi connectivity index (χ0) is 16.4. The van der Waals surface area contributed by atoms with Crippen molar-refractivity contribution in [1.82, 2.24) is 0 Å². The van der Waals surface area contributed by atoms with Gasteiger partial charge in [-0.2, -0.15) is 0 Å². The first-order valence-electron chi connectivity index (χ1n) is 7.88. The maximum atomic E-state index is 12.2. The fraction of sp³-hybridized carbons (Fsp3) is 0.562. The third-order valence-corrected chi connectivity index (χ3v) is 5.12. The number of carbonyl (C=O) groups excluding carboxylic acids is 3. The Kier molecular flexibility index (Phi) is 4.66. The first kappa shape index (κ1) is 16.0. The van der Waals surface area contributed by atoms with Crippen molar-refractivity contribution in [2.24, 2.45) is 5.92 Å². The van der Waals surface area contributed by atoms with Crippen molar-refractivity contribution < 1.29 is 23.9 Å². The molecule has 6 nitrogen and oxygen atoms in total. The van der Waals surface area contributed by atoms with E-state index < -0.39 is 11.9 Å². The van der Waals surface area contributed by atoms with Gasteiger partial charge in [0.05, 0.1) is 18.1 Å². The molecule has 0 atom stereocenters. The lowest BCUT2D eigenvalue weighted by Crippen LogP contribution is -2.22. The molecule has 0 unspecified atom stereocenters. The molecule has 0 radical (unpaired) electrons. The molecule has 1 aromatic rings. The molecular weight excluding hydrogens is 318 g/mol. The summed E-state index contributed by atoms with van der Waals surface area (Å²) in [7, 11) is 0. The highest BCUT2D eigenvalue weighted by Crippen LogP contribution is 2.39. The number of rotatable bonds is 6. The number of thiophene rings is 1. The summed E-state index contributed by atoms with van der Waals surface area (Å²) in [4.78, 5) is 36.8. The van der Waals surface area contributed by atoms with E-state index in [1.807, 2.05) is 0 Å². The van der Waals surface area contributed by atoms with Crippen LogP contribution < -0.4 is 5.32 Å². The summed E-state index contributed by atoms with van der Waals surface area (Å²) < 4.78 is 10.1. The molecule has 3 rings (SSSR count). The van der Waals surface area contributed by atoms with Gasteiger partial charge in [0, 0.05) is 4.88 Å². The molecule has 0 aliphatic heterocycles. The first-order chi connectivity index (χ1) is 11.1. The Hall–Kier alpha value is -1.89. The minimum atomic E-state index is -0.426. The lowest BCUT2D eigenvalue weighted by molar-refractivity contribution is -0.148. The van der Waals surface area contributed by atoms with Crippen LogP contribution in [0.25, 0.3) is 0 Å². The number of fused-ring (bicyclic) bond motifs is 1. The van der Waals surface area contributed by atoms with Crippen molar-refractivity contribution >= 4 is 34.2 Å². The minimum Gasteiger partial charge on any atom is -0.462 e. The molecule has 0 bridgehead atoms. The largest absolute Gasteiger partial charge is 0.462 e. The van der Waals surface area contributed by atoms with Gasteiger partial charge in [-0.15, -0.1) is 11.3 Å². The molecule has 1 amide bonds. The molecular formula is C16H19NO5S. The van der Waals surface area contributed by atoms with E-state index in [1.54, 1.807) is 6.92 Å². The molecule has 1 saturated carbocycles. The fourth-order valence-corrected chi connectivity index (χ4v) is 3.94. The Labute approximate surface area is 138 Å². The van der Waals surface area contributed by atoms with Gasteiger partial charge < -0.3 is 14.8 Å². The Morgan fingerprint density at radius 3 is 2.70 bits per heavy atom. The van der Waals surface area contributed by atoms with Crippen molar-refractivity contribution in [1.29, 1.82) is 0 Å². The topological polar surface area (TPSA) is 81.7 Å². The summed E-state index contributed by atoms with van der Waals surface area (Å²) in [6.07, 6.45) is 4.43. The van der Waals surface area contributed by atoms with E-state index in [0.717, 1.165) is 42.5 Å². The van der Waals surface area contributed by atoms with E-state index in [4.69, 9.17) is 9.47 Å². The molecule has 2 aliphatic rings. The predicted molar refractivity (Wildman–Crippen MR) is 84.6 cm³/mol. The van der Waals surface area contributed by atoms with Gasteiger partial charge in [-0.1, -0.05) is 0 Å². The van der Waals surface area contributed by atoms with E-state index in [2.05, 4.69) is 5.32 Å². The average molecular weight is 337 g/mol.